The molecule has 1 aliphatic heterocycles. The summed E-state index contributed by atoms with van der Waals surface area (Å²) >= 11 is 0. The molecule has 2 rings (SSSR count). The summed E-state index contributed by atoms with van der Waals surface area (Å²) < 4.78 is 0. The van der Waals surface area contributed by atoms with Crippen LogP contribution in [0.15, 0.2) is 30.3 Å². The molecule has 2 N–H and O–H groups in total. The average molecular weight is 303 g/mol. The standard InChI is InChI=1S/C18H29N3O/c1-18(2,3)20-17(22)19-14-16(21-11-7-8-12-21)13-15-9-5-4-6-10-15/h4-6,9-10,16H,7-8,11-14H2,1-3H3,(H2,19,20,22). The lowest BCUT2D eigenvalue weighted by atomic mass is 10.0. The second-order valence-corrected chi connectivity index (χ2v) is 7.17. The summed E-state index contributed by atoms with van der Waals surface area (Å²) in [6.45, 7) is 8.95. The molecule has 1 aromatic carbocycles. The summed E-state index contributed by atoms with van der Waals surface area (Å²) in [5.41, 5.74) is 1.13. The largest absolute Gasteiger partial charge is 0.337 e. The highest BCUT2D eigenvalue weighted by Crippen LogP contribution is 2.15. The van der Waals surface area contributed by atoms with Crippen molar-refractivity contribution in [2.45, 2.75) is 51.6 Å². The zero-order valence-electron chi connectivity index (χ0n) is 14.1. The van der Waals surface area contributed by atoms with E-state index in [1.165, 1.54) is 18.4 Å². The molecule has 0 spiro atoms. The van der Waals surface area contributed by atoms with Crippen LogP contribution >= 0.6 is 0 Å². The molecule has 1 fully saturated rings. The fraction of sp³-hybridized carbons (Fsp3) is 0.611. The zero-order chi connectivity index (χ0) is 16.0. The fourth-order valence-electron chi connectivity index (χ4n) is 2.92. The van der Waals surface area contributed by atoms with Crippen LogP contribution in [0.5, 0.6) is 0 Å². The SMILES string of the molecule is CC(C)(C)NC(=O)NCC(Cc1ccccc1)N1CCCC1. The van der Waals surface area contributed by atoms with E-state index in [9.17, 15) is 4.79 Å². The van der Waals surface area contributed by atoms with Crippen molar-refractivity contribution in [3.05, 3.63) is 35.9 Å². The Hall–Kier alpha value is -1.55. The van der Waals surface area contributed by atoms with E-state index in [-0.39, 0.29) is 11.6 Å². The third kappa shape index (κ3) is 5.68. The molecule has 1 saturated heterocycles. The molecule has 0 radical (unpaired) electrons. The van der Waals surface area contributed by atoms with Gasteiger partial charge in [-0.25, -0.2) is 4.79 Å². The van der Waals surface area contributed by atoms with Gasteiger partial charge in [0.2, 0.25) is 0 Å². The number of nitrogens with zero attached hydrogens (tertiary/aromatic N) is 1. The number of hydrogen-bond acceptors (Lipinski definition) is 2. The van der Waals surface area contributed by atoms with E-state index in [2.05, 4.69) is 39.8 Å². The number of likely N-dealkylation sites (tertiary alicyclic amines) is 1. The van der Waals surface area contributed by atoms with Gasteiger partial charge >= 0.3 is 6.03 Å². The second kappa shape index (κ2) is 7.63. The van der Waals surface area contributed by atoms with Crippen LogP contribution in [0.4, 0.5) is 4.79 Å². The van der Waals surface area contributed by atoms with Gasteiger partial charge in [0.05, 0.1) is 0 Å². The summed E-state index contributed by atoms with van der Waals surface area (Å²) in [6.07, 6.45) is 3.51. The lowest BCUT2D eigenvalue weighted by Gasteiger charge is -2.29. The number of urea groups is 1. The molecular weight excluding hydrogens is 274 g/mol. The predicted molar refractivity (Wildman–Crippen MR) is 91.0 cm³/mol. The van der Waals surface area contributed by atoms with Crippen LogP contribution in [0.2, 0.25) is 0 Å². The first-order valence-electron chi connectivity index (χ1n) is 8.28. The number of carbonyl (C=O) groups excluding carboxylic acids is 1. The van der Waals surface area contributed by atoms with E-state index in [1.807, 2.05) is 26.8 Å². The maximum atomic E-state index is 12.0. The monoisotopic (exact) mass is 303 g/mol. The van der Waals surface area contributed by atoms with Crippen LogP contribution in [0.1, 0.15) is 39.2 Å². The molecule has 1 unspecified atom stereocenters. The van der Waals surface area contributed by atoms with Gasteiger partial charge in [0.1, 0.15) is 0 Å². The molecule has 1 aliphatic rings. The number of carbonyl (C=O) groups is 1. The number of rotatable bonds is 5. The lowest BCUT2D eigenvalue weighted by Crippen LogP contribution is -2.50. The number of nitrogens with one attached hydrogen (secondary N) is 2. The molecule has 1 heterocycles. The summed E-state index contributed by atoms with van der Waals surface area (Å²) in [4.78, 5) is 14.5. The van der Waals surface area contributed by atoms with Crippen molar-refractivity contribution in [2.24, 2.45) is 0 Å². The highest BCUT2D eigenvalue weighted by molar-refractivity contribution is 5.74. The molecule has 1 atom stereocenters. The molecule has 2 amide bonds. The van der Waals surface area contributed by atoms with E-state index >= 15 is 0 Å². The van der Waals surface area contributed by atoms with E-state index in [4.69, 9.17) is 0 Å². The molecular formula is C18H29N3O. The topological polar surface area (TPSA) is 44.4 Å². The van der Waals surface area contributed by atoms with Crippen LogP contribution < -0.4 is 10.6 Å². The third-order valence-corrected chi connectivity index (χ3v) is 3.96. The number of benzene rings is 1. The van der Waals surface area contributed by atoms with Gasteiger partial charge in [-0.2, -0.15) is 0 Å². The molecule has 0 saturated carbocycles. The second-order valence-electron chi connectivity index (χ2n) is 7.17. The van der Waals surface area contributed by atoms with Gasteiger partial charge in [0.15, 0.2) is 0 Å². The van der Waals surface area contributed by atoms with Crippen molar-refractivity contribution in [2.75, 3.05) is 19.6 Å². The van der Waals surface area contributed by atoms with Crippen molar-refractivity contribution in [1.29, 1.82) is 0 Å². The first-order valence-corrected chi connectivity index (χ1v) is 8.28. The Labute approximate surface area is 134 Å². The molecule has 1 aromatic rings. The molecule has 22 heavy (non-hydrogen) atoms. The molecule has 0 aliphatic carbocycles. The summed E-state index contributed by atoms with van der Waals surface area (Å²) in [5, 5.41) is 6.01. The van der Waals surface area contributed by atoms with Crippen molar-refractivity contribution >= 4 is 6.03 Å². The maximum absolute atomic E-state index is 12.0. The number of amides is 2. The summed E-state index contributed by atoms with van der Waals surface area (Å²) in [5.74, 6) is 0. The van der Waals surface area contributed by atoms with E-state index in [0.29, 0.717) is 12.6 Å². The Balaban J connectivity index is 1.91. The lowest BCUT2D eigenvalue weighted by molar-refractivity contribution is 0.213. The fourth-order valence-corrected chi connectivity index (χ4v) is 2.92. The quantitative estimate of drug-likeness (QED) is 0.878. The van der Waals surface area contributed by atoms with Gasteiger partial charge in [-0.1, -0.05) is 30.3 Å². The normalized spacial score (nSPS) is 17.2. The highest BCUT2D eigenvalue weighted by atomic mass is 16.2. The van der Waals surface area contributed by atoms with Crippen molar-refractivity contribution < 1.29 is 4.79 Å². The maximum Gasteiger partial charge on any atom is 0.315 e. The minimum atomic E-state index is -0.202. The van der Waals surface area contributed by atoms with E-state index in [1.54, 1.807) is 0 Å². The third-order valence-electron chi connectivity index (χ3n) is 3.96. The molecule has 4 nitrogen and oxygen atoms in total. The molecule has 122 valence electrons. The van der Waals surface area contributed by atoms with Crippen LogP contribution in [-0.2, 0) is 6.42 Å². The first kappa shape index (κ1) is 16.8. The van der Waals surface area contributed by atoms with Crippen LogP contribution in [0.25, 0.3) is 0 Å². The van der Waals surface area contributed by atoms with E-state index in [0.717, 1.165) is 19.5 Å². The smallest absolute Gasteiger partial charge is 0.315 e. The Morgan fingerprint density at radius 3 is 2.41 bits per heavy atom. The summed E-state index contributed by atoms with van der Waals surface area (Å²) in [6, 6.07) is 10.8. The van der Waals surface area contributed by atoms with Crippen molar-refractivity contribution in [3.63, 3.8) is 0 Å². The van der Waals surface area contributed by atoms with Crippen molar-refractivity contribution in [1.82, 2.24) is 15.5 Å². The Morgan fingerprint density at radius 1 is 1.18 bits per heavy atom. The highest BCUT2D eigenvalue weighted by Gasteiger charge is 2.23. The Kier molecular flexibility index (Phi) is 5.83. The minimum Gasteiger partial charge on any atom is -0.337 e. The number of hydrogen-bond donors (Lipinski definition) is 2. The molecule has 0 aromatic heterocycles. The van der Waals surface area contributed by atoms with Gasteiger partial charge in [0.25, 0.3) is 0 Å². The zero-order valence-corrected chi connectivity index (χ0v) is 14.1. The first-order chi connectivity index (χ1) is 10.4. The van der Waals surface area contributed by atoms with Crippen LogP contribution in [0, 0.1) is 0 Å². The minimum absolute atomic E-state index is 0.0789. The van der Waals surface area contributed by atoms with Gasteiger partial charge < -0.3 is 10.6 Å². The van der Waals surface area contributed by atoms with Gasteiger partial charge in [-0.05, 0) is 58.7 Å². The van der Waals surface area contributed by atoms with Crippen molar-refractivity contribution in [3.8, 4) is 0 Å². The molecule has 4 heteroatoms. The predicted octanol–water partition coefficient (Wildman–Crippen LogP) is 2.79. The van der Waals surface area contributed by atoms with Gasteiger partial charge in [0, 0.05) is 18.1 Å². The van der Waals surface area contributed by atoms with Crippen LogP contribution in [-0.4, -0.2) is 42.1 Å². The molecule has 0 bridgehead atoms. The van der Waals surface area contributed by atoms with Gasteiger partial charge in [-0.15, -0.1) is 0 Å². The Bertz CT molecular complexity index is 461. The summed E-state index contributed by atoms with van der Waals surface area (Å²) in [7, 11) is 0. The average Bonchev–Trinajstić information content (AvgIpc) is 2.96. The van der Waals surface area contributed by atoms with E-state index < -0.39 is 0 Å². The van der Waals surface area contributed by atoms with Gasteiger partial charge in [-0.3, -0.25) is 4.90 Å². The van der Waals surface area contributed by atoms with Crippen LogP contribution in [0.3, 0.4) is 0 Å². The Morgan fingerprint density at radius 2 is 1.82 bits per heavy atom.